The van der Waals surface area contributed by atoms with Crippen molar-refractivity contribution < 1.29 is 9.53 Å². The third-order valence-corrected chi connectivity index (χ3v) is 8.29. The van der Waals surface area contributed by atoms with Gasteiger partial charge in [0.2, 0.25) is 0 Å². The van der Waals surface area contributed by atoms with Gasteiger partial charge in [-0.1, -0.05) is 53.0 Å². The molecule has 2 aliphatic carbocycles. The van der Waals surface area contributed by atoms with Crippen LogP contribution in [0.4, 0.5) is 0 Å². The molecule has 1 atom stereocenters. The minimum atomic E-state index is -0.0333. The molecule has 1 saturated heterocycles. The SMILES string of the molecule is COc1c(C(=O)N[C@H]2CCN(C3C4CCCC3CCC4)C2)cc(Br)c2ccccc12. The van der Waals surface area contributed by atoms with Crippen molar-refractivity contribution >= 4 is 32.6 Å². The van der Waals surface area contributed by atoms with Gasteiger partial charge in [0.05, 0.1) is 12.7 Å². The first-order valence-electron chi connectivity index (χ1n) is 11.5. The quantitative estimate of drug-likeness (QED) is 0.651. The molecule has 0 unspecified atom stereocenters. The average Bonchev–Trinajstić information content (AvgIpc) is 3.21. The Kier molecular flexibility index (Phi) is 5.76. The molecule has 2 aromatic rings. The van der Waals surface area contributed by atoms with E-state index in [2.05, 4.69) is 26.1 Å². The minimum Gasteiger partial charge on any atom is -0.495 e. The van der Waals surface area contributed by atoms with E-state index in [9.17, 15) is 4.79 Å². The van der Waals surface area contributed by atoms with Gasteiger partial charge in [0.15, 0.2) is 0 Å². The number of ether oxygens (including phenoxy) is 1. The summed E-state index contributed by atoms with van der Waals surface area (Å²) in [6.07, 6.45) is 9.47. The highest BCUT2D eigenvalue weighted by Gasteiger charge is 2.42. The van der Waals surface area contributed by atoms with Gasteiger partial charge in [-0.25, -0.2) is 0 Å². The Morgan fingerprint density at radius 2 is 1.73 bits per heavy atom. The molecule has 2 aromatic carbocycles. The zero-order chi connectivity index (χ0) is 20.7. The molecule has 0 radical (unpaired) electrons. The molecule has 4 nitrogen and oxygen atoms in total. The van der Waals surface area contributed by atoms with Gasteiger partial charge in [-0.3, -0.25) is 9.69 Å². The molecule has 1 N–H and O–H groups in total. The predicted octanol–water partition coefficient (Wildman–Crippen LogP) is 5.38. The summed E-state index contributed by atoms with van der Waals surface area (Å²) in [4.78, 5) is 15.9. The molecule has 2 saturated carbocycles. The normalized spacial score (nSPS) is 29.1. The van der Waals surface area contributed by atoms with Crippen LogP contribution in [0.25, 0.3) is 10.8 Å². The Bertz CT molecular complexity index is 924. The van der Waals surface area contributed by atoms with E-state index in [0.29, 0.717) is 11.3 Å². The molecule has 0 aromatic heterocycles. The predicted molar refractivity (Wildman–Crippen MR) is 124 cm³/mol. The van der Waals surface area contributed by atoms with Crippen LogP contribution in [-0.2, 0) is 0 Å². The van der Waals surface area contributed by atoms with Gasteiger partial charge >= 0.3 is 0 Å². The highest BCUT2D eigenvalue weighted by Crippen LogP contribution is 2.43. The van der Waals surface area contributed by atoms with Crippen LogP contribution in [-0.4, -0.2) is 43.1 Å². The van der Waals surface area contributed by atoms with Crippen molar-refractivity contribution in [2.45, 2.75) is 57.0 Å². The van der Waals surface area contributed by atoms with E-state index < -0.39 is 0 Å². The first kappa shape index (κ1) is 20.3. The van der Waals surface area contributed by atoms with Gasteiger partial charge in [0.25, 0.3) is 5.91 Å². The summed E-state index contributed by atoms with van der Waals surface area (Å²) in [6, 6.07) is 10.9. The topological polar surface area (TPSA) is 41.6 Å². The average molecular weight is 471 g/mol. The van der Waals surface area contributed by atoms with E-state index in [1.807, 2.05) is 30.3 Å². The van der Waals surface area contributed by atoms with Crippen molar-refractivity contribution in [2.75, 3.05) is 20.2 Å². The zero-order valence-corrected chi connectivity index (χ0v) is 19.3. The largest absolute Gasteiger partial charge is 0.495 e. The van der Waals surface area contributed by atoms with Crippen LogP contribution in [0.2, 0.25) is 0 Å². The number of carbonyl (C=O) groups excluding carboxylic acids is 1. The lowest BCUT2D eigenvalue weighted by Crippen LogP contribution is -2.50. The van der Waals surface area contributed by atoms with E-state index in [-0.39, 0.29) is 11.9 Å². The molecular weight excluding hydrogens is 440 g/mol. The Balaban J connectivity index is 1.32. The standard InChI is InChI=1S/C25H31BrN2O2/c1-30-24-20-11-3-2-10-19(20)22(26)14-21(24)25(29)27-18-12-13-28(15-18)23-16-6-4-7-17(23)9-5-8-16/h2-3,10-11,14,16-18,23H,4-9,12-13,15H2,1H3,(H,27,29)/t16?,17?,18-,23?/m0/s1. The van der Waals surface area contributed by atoms with Crippen molar-refractivity contribution in [3.8, 4) is 5.75 Å². The number of amides is 1. The Labute approximate surface area is 187 Å². The summed E-state index contributed by atoms with van der Waals surface area (Å²) in [7, 11) is 1.64. The fraction of sp³-hybridized carbons (Fsp3) is 0.560. The molecule has 5 rings (SSSR count). The summed E-state index contributed by atoms with van der Waals surface area (Å²) in [5, 5.41) is 5.33. The lowest BCUT2D eigenvalue weighted by atomic mass is 9.68. The summed E-state index contributed by atoms with van der Waals surface area (Å²) < 4.78 is 6.60. The Morgan fingerprint density at radius 3 is 2.40 bits per heavy atom. The molecule has 1 aliphatic heterocycles. The van der Waals surface area contributed by atoms with E-state index in [1.165, 1.54) is 38.5 Å². The van der Waals surface area contributed by atoms with Crippen LogP contribution >= 0.6 is 15.9 Å². The number of halogens is 1. The summed E-state index contributed by atoms with van der Waals surface area (Å²) in [6.45, 7) is 2.10. The van der Waals surface area contributed by atoms with Gasteiger partial charge < -0.3 is 10.1 Å². The van der Waals surface area contributed by atoms with Crippen molar-refractivity contribution in [3.05, 3.63) is 40.4 Å². The second-order valence-electron chi connectivity index (χ2n) is 9.31. The summed E-state index contributed by atoms with van der Waals surface area (Å²) >= 11 is 3.64. The number of likely N-dealkylation sites (tertiary alicyclic amines) is 1. The van der Waals surface area contributed by atoms with Crippen LogP contribution in [0, 0.1) is 11.8 Å². The number of nitrogens with zero attached hydrogens (tertiary/aromatic N) is 1. The highest BCUT2D eigenvalue weighted by atomic mass is 79.9. The molecule has 3 aliphatic rings. The molecule has 160 valence electrons. The van der Waals surface area contributed by atoms with Crippen LogP contribution in [0.5, 0.6) is 5.75 Å². The maximum Gasteiger partial charge on any atom is 0.255 e. The lowest BCUT2D eigenvalue weighted by Gasteiger charge is -2.47. The van der Waals surface area contributed by atoms with Crippen molar-refractivity contribution in [3.63, 3.8) is 0 Å². The van der Waals surface area contributed by atoms with E-state index in [1.54, 1.807) is 7.11 Å². The van der Waals surface area contributed by atoms with E-state index in [4.69, 9.17) is 4.74 Å². The van der Waals surface area contributed by atoms with Gasteiger partial charge in [0.1, 0.15) is 5.75 Å². The first-order valence-corrected chi connectivity index (χ1v) is 12.2. The third kappa shape index (κ3) is 3.64. The Hall–Kier alpha value is -1.59. The van der Waals surface area contributed by atoms with Crippen molar-refractivity contribution in [2.24, 2.45) is 11.8 Å². The van der Waals surface area contributed by atoms with Crippen LogP contribution in [0.1, 0.15) is 55.3 Å². The van der Waals surface area contributed by atoms with Crippen molar-refractivity contribution in [1.29, 1.82) is 0 Å². The molecule has 3 fully saturated rings. The number of hydrogen-bond donors (Lipinski definition) is 1. The number of rotatable bonds is 4. The number of methoxy groups -OCH3 is 1. The molecular formula is C25H31BrN2O2. The zero-order valence-electron chi connectivity index (χ0n) is 17.7. The Morgan fingerprint density at radius 1 is 1.07 bits per heavy atom. The second-order valence-corrected chi connectivity index (χ2v) is 10.2. The second kappa shape index (κ2) is 8.51. The fourth-order valence-corrected chi connectivity index (χ4v) is 6.94. The van der Waals surface area contributed by atoms with Gasteiger partial charge in [-0.15, -0.1) is 0 Å². The molecule has 30 heavy (non-hydrogen) atoms. The fourth-order valence-electron chi connectivity index (χ4n) is 6.37. The molecule has 5 heteroatoms. The van der Waals surface area contributed by atoms with Gasteiger partial charge in [-0.05, 0) is 55.4 Å². The molecule has 0 spiro atoms. The number of nitrogens with one attached hydrogen (secondary N) is 1. The van der Waals surface area contributed by atoms with Gasteiger partial charge in [-0.2, -0.15) is 0 Å². The number of benzene rings is 2. The van der Waals surface area contributed by atoms with Crippen LogP contribution < -0.4 is 10.1 Å². The number of hydrogen-bond acceptors (Lipinski definition) is 3. The monoisotopic (exact) mass is 470 g/mol. The third-order valence-electron chi connectivity index (χ3n) is 7.64. The smallest absolute Gasteiger partial charge is 0.255 e. The van der Waals surface area contributed by atoms with Crippen LogP contribution in [0.3, 0.4) is 0 Å². The molecule has 2 bridgehead atoms. The number of fused-ring (bicyclic) bond motifs is 3. The maximum atomic E-state index is 13.2. The first-order chi connectivity index (χ1) is 14.7. The molecule has 1 amide bonds. The van der Waals surface area contributed by atoms with Gasteiger partial charge in [0, 0.05) is 35.0 Å². The lowest BCUT2D eigenvalue weighted by molar-refractivity contribution is 0.0346. The summed E-state index contributed by atoms with van der Waals surface area (Å²) in [5.74, 6) is 2.38. The van der Waals surface area contributed by atoms with Crippen molar-refractivity contribution in [1.82, 2.24) is 10.2 Å². The molecule has 1 heterocycles. The van der Waals surface area contributed by atoms with Crippen LogP contribution in [0.15, 0.2) is 34.8 Å². The summed E-state index contributed by atoms with van der Waals surface area (Å²) in [5.41, 5.74) is 0.607. The highest BCUT2D eigenvalue weighted by molar-refractivity contribution is 9.10. The number of carbonyl (C=O) groups is 1. The maximum absolute atomic E-state index is 13.2. The van der Waals surface area contributed by atoms with E-state index in [0.717, 1.165) is 52.6 Å². The minimum absolute atomic E-state index is 0.0333. The van der Waals surface area contributed by atoms with E-state index >= 15 is 0 Å².